The SMILES string of the molecule is CCCCCCC(C)(CCCC)N[C@@H](C)C(=O)OC. The van der Waals surface area contributed by atoms with E-state index in [0.29, 0.717) is 0 Å². The summed E-state index contributed by atoms with van der Waals surface area (Å²) in [6.07, 6.45) is 9.73. The van der Waals surface area contributed by atoms with Crippen LogP contribution in [0.5, 0.6) is 0 Å². The molecular formula is C16H33NO2. The third kappa shape index (κ3) is 8.25. The minimum atomic E-state index is -0.224. The third-order valence-electron chi connectivity index (χ3n) is 3.78. The van der Waals surface area contributed by atoms with E-state index >= 15 is 0 Å². The highest BCUT2D eigenvalue weighted by molar-refractivity contribution is 5.75. The average molecular weight is 271 g/mol. The van der Waals surface area contributed by atoms with Crippen molar-refractivity contribution >= 4 is 5.97 Å². The molecule has 0 aromatic rings. The van der Waals surface area contributed by atoms with Gasteiger partial charge in [-0.2, -0.15) is 0 Å². The van der Waals surface area contributed by atoms with Gasteiger partial charge in [-0.1, -0.05) is 52.4 Å². The zero-order chi connectivity index (χ0) is 14.7. The molecule has 0 saturated carbocycles. The van der Waals surface area contributed by atoms with Crippen LogP contribution in [-0.2, 0) is 9.53 Å². The number of carbonyl (C=O) groups excluding carboxylic acids is 1. The third-order valence-corrected chi connectivity index (χ3v) is 3.78. The quantitative estimate of drug-likeness (QED) is 0.455. The minimum Gasteiger partial charge on any atom is -0.468 e. The van der Waals surface area contributed by atoms with E-state index in [0.717, 1.165) is 12.8 Å². The maximum absolute atomic E-state index is 11.6. The van der Waals surface area contributed by atoms with Crippen LogP contribution in [0.2, 0.25) is 0 Å². The predicted octanol–water partition coefficient (Wildman–Crippen LogP) is 4.06. The molecule has 0 fully saturated rings. The fraction of sp³-hybridized carbons (Fsp3) is 0.938. The summed E-state index contributed by atoms with van der Waals surface area (Å²) >= 11 is 0. The molecule has 2 atom stereocenters. The molecule has 1 unspecified atom stereocenters. The number of hydrogen-bond acceptors (Lipinski definition) is 3. The van der Waals surface area contributed by atoms with Gasteiger partial charge in [0.25, 0.3) is 0 Å². The van der Waals surface area contributed by atoms with Gasteiger partial charge < -0.3 is 4.74 Å². The van der Waals surface area contributed by atoms with Crippen LogP contribution in [0, 0.1) is 0 Å². The lowest BCUT2D eigenvalue weighted by atomic mass is 9.88. The van der Waals surface area contributed by atoms with Crippen LogP contribution in [0.15, 0.2) is 0 Å². The van der Waals surface area contributed by atoms with Crippen molar-refractivity contribution in [1.82, 2.24) is 5.32 Å². The molecule has 0 heterocycles. The van der Waals surface area contributed by atoms with Gasteiger partial charge in [-0.15, -0.1) is 0 Å². The average Bonchev–Trinajstić information content (AvgIpc) is 2.40. The van der Waals surface area contributed by atoms with Gasteiger partial charge in [0.2, 0.25) is 0 Å². The molecule has 0 rings (SSSR count). The minimum absolute atomic E-state index is 0.0529. The van der Waals surface area contributed by atoms with Crippen molar-refractivity contribution < 1.29 is 9.53 Å². The van der Waals surface area contributed by atoms with E-state index in [1.807, 2.05) is 6.92 Å². The van der Waals surface area contributed by atoms with Crippen molar-refractivity contribution in [1.29, 1.82) is 0 Å². The number of unbranched alkanes of at least 4 members (excludes halogenated alkanes) is 4. The van der Waals surface area contributed by atoms with Gasteiger partial charge in [0.1, 0.15) is 6.04 Å². The molecule has 0 saturated heterocycles. The topological polar surface area (TPSA) is 38.3 Å². The van der Waals surface area contributed by atoms with Crippen molar-refractivity contribution in [2.45, 2.75) is 90.6 Å². The summed E-state index contributed by atoms with van der Waals surface area (Å²) in [7, 11) is 1.45. The number of nitrogens with one attached hydrogen (secondary N) is 1. The Labute approximate surface area is 119 Å². The van der Waals surface area contributed by atoms with Crippen LogP contribution >= 0.6 is 0 Å². The Morgan fingerprint density at radius 2 is 1.68 bits per heavy atom. The highest BCUT2D eigenvalue weighted by Crippen LogP contribution is 2.22. The van der Waals surface area contributed by atoms with Crippen LogP contribution in [-0.4, -0.2) is 24.7 Å². The second-order valence-corrected chi connectivity index (χ2v) is 5.86. The van der Waals surface area contributed by atoms with E-state index in [-0.39, 0.29) is 17.6 Å². The Bertz CT molecular complexity index is 243. The molecular weight excluding hydrogens is 238 g/mol. The Morgan fingerprint density at radius 3 is 2.21 bits per heavy atom. The highest BCUT2D eigenvalue weighted by Gasteiger charge is 2.27. The second-order valence-electron chi connectivity index (χ2n) is 5.86. The largest absolute Gasteiger partial charge is 0.468 e. The summed E-state index contributed by atoms with van der Waals surface area (Å²) in [5, 5.41) is 3.48. The first-order chi connectivity index (χ1) is 8.99. The van der Waals surface area contributed by atoms with Crippen molar-refractivity contribution in [2.24, 2.45) is 0 Å². The molecule has 3 heteroatoms. The van der Waals surface area contributed by atoms with E-state index < -0.39 is 0 Å². The van der Waals surface area contributed by atoms with E-state index in [4.69, 9.17) is 4.74 Å². The lowest BCUT2D eigenvalue weighted by Crippen LogP contribution is -2.50. The molecule has 0 aliphatic carbocycles. The van der Waals surface area contributed by atoms with Crippen LogP contribution in [0.4, 0.5) is 0 Å². The Balaban J connectivity index is 4.35. The molecule has 0 amide bonds. The molecule has 0 aliphatic heterocycles. The smallest absolute Gasteiger partial charge is 0.322 e. The van der Waals surface area contributed by atoms with Crippen LogP contribution in [0.1, 0.15) is 79.1 Å². The number of hydrogen-bond donors (Lipinski definition) is 1. The zero-order valence-electron chi connectivity index (χ0n) is 13.6. The Hall–Kier alpha value is -0.570. The lowest BCUT2D eigenvalue weighted by Gasteiger charge is -2.33. The van der Waals surface area contributed by atoms with Crippen LogP contribution in [0.3, 0.4) is 0 Å². The molecule has 0 bridgehead atoms. The normalized spacial score (nSPS) is 15.8. The van der Waals surface area contributed by atoms with E-state index in [1.54, 1.807) is 0 Å². The monoisotopic (exact) mass is 271 g/mol. The van der Waals surface area contributed by atoms with Crippen LogP contribution < -0.4 is 5.32 Å². The van der Waals surface area contributed by atoms with Crippen molar-refractivity contribution in [3.63, 3.8) is 0 Å². The number of esters is 1. The summed E-state index contributed by atoms with van der Waals surface area (Å²) in [6.45, 7) is 8.57. The molecule has 0 spiro atoms. The van der Waals surface area contributed by atoms with Crippen molar-refractivity contribution in [3.8, 4) is 0 Å². The predicted molar refractivity (Wildman–Crippen MR) is 81.3 cm³/mol. The maximum atomic E-state index is 11.6. The molecule has 0 aromatic heterocycles. The van der Waals surface area contributed by atoms with E-state index in [2.05, 4.69) is 26.1 Å². The van der Waals surface area contributed by atoms with Gasteiger partial charge in [-0.25, -0.2) is 0 Å². The molecule has 3 nitrogen and oxygen atoms in total. The summed E-state index contributed by atoms with van der Waals surface area (Å²) in [6, 6.07) is -0.224. The van der Waals surface area contributed by atoms with Gasteiger partial charge in [0.05, 0.1) is 7.11 Å². The second kappa shape index (κ2) is 10.2. The fourth-order valence-corrected chi connectivity index (χ4v) is 2.54. The summed E-state index contributed by atoms with van der Waals surface area (Å²) in [4.78, 5) is 11.6. The number of ether oxygens (including phenoxy) is 1. The van der Waals surface area contributed by atoms with E-state index in [1.165, 1.54) is 45.6 Å². The molecule has 1 N–H and O–H groups in total. The first-order valence-electron chi connectivity index (χ1n) is 7.84. The zero-order valence-corrected chi connectivity index (χ0v) is 13.6. The summed E-state index contributed by atoms with van der Waals surface area (Å²) in [5.41, 5.74) is 0.0529. The molecule has 0 radical (unpaired) electrons. The molecule has 114 valence electrons. The lowest BCUT2D eigenvalue weighted by molar-refractivity contribution is -0.143. The number of methoxy groups -OCH3 is 1. The van der Waals surface area contributed by atoms with Crippen molar-refractivity contribution in [3.05, 3.63) is 0 Å². The van der Waals surface area contributed by atoms with Gasteiger partial charge in [0.15, 0.2) is 0 Å². The standard InChI is InChI=1S/C16H33NO2/c1-6-8-10-11-13-16(4,12-9-7-2)17-14(3)15(18)19-5/h14,17H,6-13H2,1-5H3/t14-,16?/m0/s1. The maximum Gasteiger partial charge on any atom is 0.322 e. The van der Waals surface area contributed by atoms with Gasteiger partial charge in [-0.3, -0.25) is 10.1 Å². The highest BCUT2D eigenvalue weighted by atomic mass is 16.5. The van der Waals surface area contributed by atoms with E-state index in [9.17, 15) is 4.79 Å². The first-order valence-corrected chi connectivity index (χ1v) is 7.84. The van der Waals surface area contributed by atoms with Crippen molar-refractivity contribution in [2.75, 3.05) is 7.11 Å². The van der Waals surface area contributed by atoms with Gasteiger partial charge >= 0.3 is 5.97 Å². The summed E-state index contributed by atoms with van der Waals surface area (Å²) in [5.74, 6) is -0.170. The van der Waals surface area contributed by atoms with Gasteiger partial charge in [0, 0.05) is 5.54 Å². The number of rotatable bonds is 11. The van der Waals surface area contributed by atoms with Crippen LogP contribution in [0.25, 0.3) is 0 Å². The Morgan fingerprint density at radius 1 is 1.11 bits per heavy atom. The Kier molecular flexibility index (Phi) is 9.94. The number of carbonyl (C=O) groups is 1. The molecule has 19 heavy (non-hydrogen) atoms. The first kappa shape index (κ1) is 18.4. The fourth-order valence-electron chi connectivity index (χ4n) is 2.54. The van der Waals surface area contributed by atoms with Gasteiger partial charge in [-0.05, 0) is 26.7 Å². The molecule has 0 aliphatic rings. The summed E-state index contributed by atoms with van der Waals surface area (Å²) < 4.78 is 4.80. The molecule has 0 aromatic carbocycles.